The molecule has 0 fully saturated rings. The molecular formula is C25H25N3O3. The van der Waals surface area contributed by atoms with E-state index >= 15 is 0 Å². The van der Waals surface area contributed by atoms with Crippen LogP contribution < -0.4 is 20.3 Å². The van der Waals surface area contributed by atoms with E-state index in [1.165, 1.54) is 0 Å². The second-order valence-electron chi connectivity index (χ2n) is 7.27. The quantitative estimate of drug-likeness (QED) is 0.618. The fraction of sp³-hybridized carbons (Fsp3) is 0.200. The Hall–Kier alpha value is -3.80. The maximum Gasteiger partial charge on any atom is 0.319 e. The smallest absolute Gasteiger partial charge is 0.319 e. The lowest BCUT2D eigenvalue weighted by molar-refractivity contribution is 0.0989. The fourth-order valence-electron chi connectivity index (χ4n) is 3.68. The zero-order valence-electron chi connectivity index (χ0n) is 17.4. The average molecular weight is 415 g/mol. The molecular weight excluding hydrogens is 390 g/mol. The van der Waals surface area contributed by atoms with Crippen LogP contribution >= 0.6 is 0 Å². The Morgan fingerprint density at radius 3 is 2.58 bits per heavy atom. The van der Waals surface area contributed by atoms with Gasteiger partial charge in [0, 0.05) is 24.3 Å². The number of benzene rings is 3. The SMILES string of the molecule is CCOc1ccccc1NC(=O)NCc1ccc2c(c1)N(C(=O)c1ccccc1)CC2. The van der Waals surface area contributed by atoms with Crippen molar-refractivity contribution in [3.05, 3.63) is 89.5 Å². The van der Waals surface area contributed by atoms with E-state index < -0.39 is 0 Å². The average Bonchev–Trinajstić information content (AvgIpc) is 3.22. The van der Waals surface area contributed by atoms with Crippen LogP contribution in [0.5, 0.6) is 5.75 Å². The highest BCUT2D eigenvalue weighted by atomic mass is 16.5. The van der Waals surface area contributed by atoms with Crippen molar-refractivity contribution < 1.29 is 14.3 Å². The third kappa shape index (κ3) is 4.69. The number of rotatable bonds is 6. The fourth-order valence-corrected chi connectivity index (χ4v) is 3.68. The van der Waals surface area contributed by atoms with Crippen LogP contribution in [0.2, 0.25) is 0 Å². The molecule has 0 aliphatic carbocycles. The predicted octanol–water partition coefficient (Wildman–Crippen LogP) is 4.61. The molecule has 31 heavy (non-hydrogen) atoms. The molecule has 0 saturated heterocycles. The van der Waals surface area contributed by atoms with Gasteiger partial charge in [-0.1, -0.05) is 42.5 Å². The lowest BCUT2D eigenvalue weighted by Crippen LogP contribution is -2.29. The molecule has 0 radical (unpaired) electrons. The van der Waals surface area contributed by atoms with Gasteiger partial charge in [-0.2, -0.15) is 0 Å². The Labute approximate surface area is 181 Å². The Kier molecular flexibility index (Phi) is 6.17. The van der Waals surface area contributed by atoms with Crippen LogP contribution in [0.4, 0.5) is 16.2 Å². The molecule has 3 amide bonds. The molecule has 6 nitrogen and oxygen atoms in total. The van der Waals surface area contributed by atoms with Gasteiger partial charge < -0.3 is 20.3 Å². The number of urea groups is 1. The number of nitrogens with zero attached hydrogens (tertiary/aromatic N) is 1. The van der Waals surface area contributed by atoms with E-state index in [0.717, 1.165) is 23.2 Å². The summed E-state index contributed by atoms with van der Waals surface area (Å²) >= 11 is 0. The number of fused-ring (bicyclic) bond motifs is 1. The van der Waals surface area contributed by atoms with Crippen molar-refractivity contribution in [2.75, 3.05) is 23.4 Å². The summed E-state index contributed by atoms with van der Waals surface area (Å²) in [6.45, 7) is 3.43. The van der Waals surface area contributed by atoms with Crippen molar-refractivity contribution in [3.8, 4) is 5.75 Å². The molecule has 2 N–H and O–H groups in total. The first-order chi connectivity index (χ1) is 15.2. The van der Waals surface area contributed by atoms with Crippen molar-refractivity contribution in [2.24, 2.45) is 0 Å². The first-order valence-corrected chi connectivity index (χ1v) is 10.4. The molecule has 0 spiro atoms. The molecule has 1 aliphatic heterocycles. The molecule has 1 aliphatic rings. The van der Waals surface area contributed by atoms with Gasteiger partial charge in [0.15, 0.2) is 0 Å². The summed E-state index contributed by atoms with van der Waals surface area (Å²) in [6.07, 6.45) is 0.830. The summed E-state index contributed by atoms with van der Waals surface area (Å²) in [6, 6.07) is 22.3. The van der Waals surface area contributed by atoms with E-state index in [1.807, 2.05) is 78.6 Å². The largest absolute Gasteiger partial charge is 0.492 e. The van der Waals surface area contributed by atoms with Crippen LogP contribution in [0, 0.1) is 0 Å². The van der Waals surface area contributed by atoms with Crippen molar-refractivity contribution in [3.63, 3.8) is 0 Å². The molecule has 0 atom stereocenters. The highest BCUT2D eigenvalue weighted by Crippen LogP contribution is 2.30. The van der Waals surface area contributed by atoms with E-state index in [9.17, 15) is 9.59 Å². The number of para-hydroxylation sites is 2. The minimum absolute atomic E-state index is 0.00488. The van der Waals surface area contributed by atoms with Crippen LogP contribution in [0.1, 0.15) is 28.4 Å². The Bertz CT molecular complexity index is 1080. The molecule has 0 unspecified atom stereocenters. The van der Waals surface area contributed by atoms with Crippen LogP contribution in [-0.4, -0.2) is 25.1 Å². The summed E-state index contributed by atoms with van der Waals surface area (Å²) in [5.41, 5.74) is 4.28. The van der Waals surface area contributed by atoms with Crippen LogP contribution in [0.3, 0.4) is 0 Å². The van der Waals surface area contributed by atoms with Crippen molar-refractivity contribution in [2.45, 2.75) is 19.9 Å². The van der Waals surface area contributed by atoms with Gasteiger partial charge in [-0.15, -0.1) is 0 Å². The Morgan fingerprint density at radius 2 is 1.77 bits per heavy atom. The van der Waals surface area contributed by atoms with E-state index in [0.29, 0.717) is 36.7 Å². The van der Waals surface area contributed by atoms with E-state index in [1.54, 1.807) is 6.07 Å². The van der Waals surface area contributed by atoms with E-state index in [4.69, 9.17) is 4.74 Å². The van der Waals surface area contributed by atoms with Crippen LogP contribution in [0.15, 0.2) is 72.8 Å². The van der Waals surface area contributed by atoms with Gasteiger partial charge in [-0.3, -0.25) is 4.79 Å². The molecule has 6 heteroatoms. The third-order valence-corrected chi connectivity index (χ3v) is 5.20. The highest BCUT2D eigenvalue weighted by Gasteiger charge is 2.25. The van der Waals surface area contributed by atoms with Gasteiger partial charge in [0.2, 0.25) is 0 Å². The Balaban J connectivity index is 1.42. The number of hydrogen-bond donors (Lipinski definition) is 2. The number of hydrogen-bond acceptors (Lipinski definition) is 3. The molecule has 158 valence electrons. The number of amides is 3. The number of anilines is 2. The second-order valence-corrected chi connectivity index (χ2v) is 7.27. The van der Waals surface area contributed by atoms with Gasteiger partial charge in [-0.25, -0.2) is 4.79 Å². The summed E-state index contributed by atoms with van der Waals surface area (Å²) < 4.78 is 5.54. The Morgan fingerprint density at radius 1 is 1.00 bits per heavy atom. The lowest BCUT2D eigenvalue weighted by atomic mass is 10.1. The first-order valence-electron chi connectivity index (χ1n) is 10.4. The minimum Gasteiger partial charge on any atom is -0.492 e. The number of carbonyl (C=O) groups is 2. The van der Waals surface area contributed by atoms with Crippen molar-refractivity contribution >= 4 is 23.3 Å². The van der Waals surface area contributed by atoms with Crippen LogP contribution in [-0.2, 0) is 13.0 Å². The standard InChI is InChI=1S/C25H25N3O3/c1-2-31-23-11-7-6-10-21(23)27-25(30)26-17-18-12-13-19-14-15-28(22(19)16-18)24(29)20-8-4-3-5-9-20/h3-13,16H,2,14-15,17H2,1H3,(H2,26,27,30). The van der Waals surface area contributed by atoms with Gasteiger partial charge in [0.25, 0.3) is 5.91 Å². The van der Waals surface area contributed by atoms with Gasteiger partial charge >= 0.3 is 6.03 Å². The van der Waals surface area contributed by atoms with E-state index in [-0.39, 0.29) is 11.9 Å². The summed E-state index contributed by atoms with van der Waals surface area (Å²) in [5, 5.41) is 5.70. The first kappa shape index (κ1) is 20.5. The second kappa shape index (κ2) is 9.34. The molecule has 3 aromatic carbocycles. The minimum atomic E-state index is -0.315. The van der Waals surface area contributed by atoms with Gasteiger partial charge in [-0.05, 0) is 54.8 Å². The zero-order valence-corrected chi connectivity index (χ0v) is 17.4. The predicted molar refractivity (Wildman–Crippen MR) is 122 cm³/mol. The molecule has 4 rings (SSSR count). The number of carbonyl (C=O) groups excluding carboxylic acids is 2. The summed E-state index contributed by atoms with van der Waals surface area (Å²) in [4.78, 5) is 27.1. The number of nitrogens with one attached hydrogen (secondary N) is 2. The highest BCUT2D eigenvalue weighted by molar-refractivity contribution is 6.07. The molecule has 3 aromatic rings. The third-order valence-electron chi connectivity index (χ3n) is 5.20. The zero-order chi connectivity index (χ0) is 21.6. The lowest BCUT2D eigenvalue weighted by Gasteiger charge is -2.18. The van der Waals surface area contributed by atoms with Crippen molar-refractivity contribution in [1.29, 1.82) is 0 Å². The van der Waals surface area contributed by atoms with Gasteiger partial charge in [0.1, 0.15) is 5.75 Å². The molecule has 1 heterocycles. The topological polar surface area (TPSA) is 70.7 Å². The molecule has 0 saturated carbocycles. The monoisotopic (exact) mass is 415 g/mol. The van der Waals surface area contributed by atoms with Crippen molar-refractivity contribution in [1.82, 2.24) is 5.32 Å². The molecule has 0 aromatic heterocycles. The summed E-state index contributed by atoms with van der Waals surface area (Å²) in [5.74, 6) is 0.627. The maximum atomic E-state index is 12.9. The van der Waals surface area contributed by atoms with E-state index in [2.05, 4.69) is 10.6 Å². The van der Waals surface area contributed by atoms with Gasteiger partial charge in [0.05, 0.1) is 12.3 Å². The summed E-state index contributed by atoms with van der Waals surface area (Å²) in [7, 11) is 0. The normalized spacial score (nSPS) is 12.2. The number of ether oxygens (including phenoxy) is 1. The van der Waals surface area contributed by atoms with Crippen LogP contribution in [0.25, 0.3) is 0 Å². The maximum absolute atomic E-state index is 12.9. The molecule has 0 bridgehead atoms.